The summed E-state index contributed by atoms with van der Waals surface area (Å²) in [6.07, 6.45) is 2.80. The molecule has 20 heavy (non-hydrogen) atoms. The van der Waals surface area contributed by atoms with Crippen molar-refractivity contribution in [2.24, 2.45) is 0 Å². The molecule has 4 nitrogen and oxygen atoms in total. The highest BCUT2D eigenvalue weighted by molar-refractivity contribution is 7.87. The maximum atomic E-state index is 12.2. The Morgan fingerprint density at radius 2 is 1.95 bits per heavy atom. The Morgan fingerprint density at radius 1 is 1.20 bits per heavy atom. The van der Waals surface area contributed by atoms with Gasteiger partial charge in [-0.25, -0.2) is 0 Å². The van der Waals surface area contributed by atoms with Crippen LogP contribution in [0.4, 0.5) is 0 Å². The molecule has 2 rings (SSSR count). The van der Waals surface area contributed by atoms with E-state index in [1.165, 1.54) is 18.5 Å². The van der Waals surface area contributed by atoms with Crippen molar-refractivity contribution >= 4 is 10.1 Å². The van der Waals surface area contributed by atoms with Crippen molar-refractivity contribution in [2.45, 2.75) is 31.6 Å². The van der Waals surface area contributed by atoms with Crippen molar-refractivity contribution in [2.75, 3.05) is 0 Å². The molecule has 0 unspecified atom stereocenters. The molecule has 2 aromatic rings. The average molecular weight is 291 g/mol. The van der Waals surface area contributed by atoms with Gasteiger partial charge in [0.1, 0.15) is 10.6 Å². The van der Waals surface area contributed by atoms with Gasteiger partial charge in [0.15, 0.2) is 0 Å². The van der Waals surface area contributed by atoms with Crippen molar-refractivity contribution in [1.82, 2.24) is 4.98 Å². The molecular formula is C15H17NO3S. The largest absolute Gasteiger partial charge is 0.379 e. The highest BCUT2D eigenvalue weighted by Gasteiger charge is 2.19. The molecule has 106 valence electrons. The molecule has 0 amide bonds. The summed E-state index contributed by atoms with van der Waals surface area (Å²) in [5.74, 6) is 0.554. The van der Waals surface area contributed by atoms with Crippen LogP contribution in [0.25, 0.3) is 0 Å². The average Bonchev–Trinajstić information content (AvgIpc) is 2.39. The standard InChI is InChI=1S/C15H17NO3S/c1-11(2)14-7-6-12(3)9-15(14)19-20(17,18)13-5-4-8-16-10-13/h4-11H,1-3H3. The lowest BCUT2D eigenvalue weighted by molar-refractivity contribution is 0.480. The number of aromatic nitrogens is 1. The first-order valence-corrected chi connectivity index (χ1v) is 7.76. The predicted octanol–water partition coefficient (Wildman–Crippen LogP) is 3.28. The van der Waals surface area contributed by atoms with Gasteiger partial charge in [-0.1, -0.05) is 26.0 Å². The third-order valence-electron chi connectivity index (χ3n) is 2.91. The second-order valence-electron chi connectivity index (χ2n) is 4.92. The maximum absolute atomic E-state index is 12.2. The Kier molecular flexibility index (Phi) is 4.09. The van der Waals surface area contributed by atoms with Crippen molar-refractivity contribution in [1.29, 1.82) is 0 Å². The highest BCUT2D eigenvalue weighted by Crippen LogP contribution is 2.29. The predicted molar refractivity (Wildman–Crippen MR) is 77.3 cm³/mol. The molecule has 0 fully saturated rings. The molecule has 0 aliphatic rings. The van der Waals surface area contributed by atoms with Gasteiger partial charge in [-0.3, -0.25) is 4.98 Å². The van der Waals surface area contributed by atoms with Crippen LogP contribution in [0.1, 0.15) is 30.9 Å². The maximum Gasteiger partial charge on any atom is 0.340 e. The van der Waals surface area contributed by atoms with Gasteiger partial charge in [0, 0.05) is 12.4 Å². The van der Waals surface area contributed by atoms with E-state index in [-0.39, 0.29) is 10.8 Å². The van der Waals surface area contributed by atoms with Crippen molar-refractivity contribution in [3.63, 3.8) is 0 Å². The van der Waals surface area contributed by atoms with Gasteiger partial charge in [0.2, 0.25) is 0 Å². The molecule has 5 heteroatoms. The van der Waals surface area contributed by atoms with E-state index < -0.39 is 10.1 Å². The van der Waals surface area contributed by atoms with Gasteiger partial charge in [-0.05, 0) is 42.2 Å². The fraction of sp³-hybridized carbons (Fsp3) is 0.267. The summed E-state index contributed by atoms with van der Waals surface area (Å²) < 4.78 is 29.7. The first kappa shape index (κ1) is 14.5. The molecule has 0 saturated carbocycles. The van der Waals surface area contributed by atoms with Crippen LogP contribution >= 0.6 is 0 Å². The zero-order chi connectivity index (χ0) is 14.8. The number of hydrogen-bond acceptors (Lipinski definition) is 4. The zero-order valence-electron chi connectivity index (χ0n) is 11.7. The number of nitrogens with zero attached hydrogens (tertiary/aromatic N) is 1. The normalized spacial score (nSPS) is 11.6. The fourth-order valence-corrected chi connectivity index (χ4v) is 2.76. The van der Waals surface area contributed by atoms with Crippen LogP contribution in [0.15, 0.2) is 47.6 Å². The van der Waals surface area contributed by atoms with E-state index in [1.54, 1.807) is 12.1 Å². The lowest BCUT2D eigenvalue weighted by atomic mass is 10.0. The number of rotatable bonds is 4. The van der Waals surface area contributed by atoms with Gasteiger partial charge in [-0.2, -0.15) is 8.42 Å². The Labute approximate surface area is 119 Å². The molecule has 0 N–H and O–H groups in total. The van der Waals surface area contributed by atoms with Crippen LogP contribution in [0.2, 0.25) is 0 Å². The second-order valence-corrected chi connectivity index (χ2v) is 6.47. The number of benzene rings is 1. The van der Waals surface area contributed by atoms with Crippen LogP contribution in [0, 0.1) is 6.92 Å². The molecule has 0 aliphatic carbocycles. The fourth-order valence-electron chi connectivity index (χ4n) is 1.85. The number of pyridine rings is 1. The molecule has 0 spiro atoms. The second kappa shape index (κ2) is 5.63. The van der Waals surface area contributed by atoms with Gasteiger partial charge in [0.05, 0.1) is 0 Å². The number of hydrogen-bond donors (Lipinski definition) is 0. The first-order valence-electron chi connectivity index (χ1n) is 6.35. The van der Waals surface area contributed by atoms with E-state index in [0.717, 1.165) is 11.1 Å². The van der Waals surface area contributed by atoms with E-state index in [9.17, 15) is 8.42 Å². The summed E-state index contributed by atoms with van der Waals surface area (Å²) in [6, 6.07) is 8.61. The van der Waals surface area contributed by atoms with Crippen molar-refractivity contribution in [3.05, 3.63) is 53.9 Å². The lowest BCUT2D eigenvalue weighted by Crippen LogP contribution is -2.11. The van der Waals surface area contributed by atoms with E-state index in [0.29, 0.717) is 5.75 Å². The summed E-state index contributed by atoms with van der Waals surface area (Å²) in [4.78, 5) is 3.86. The molecule has 0 atom stereocenters. The van der Waals surface area contributed by atoms with Crippen LogP contribution < -0.4 is 4.18 Å². The Morgan fingerprint density at radius 3 is 2.55 bits per heavy atom. The first-order chi connectivity index (χ1) is 9.40. The van der Waals surface area contributed by atoms with E-state index in [2.05, 4.69) is 4.98 Å². The van der Waals surface area contributed by atoms with Gasteiger partial charge >= 0.3 is 10.1 Å². The molecule has 0 bridgehead atoms. The summed E-state index contributed by atoms with van der Waals surface area (Å²) >= 11 is 0. The van der Waals surface area contributed by atoms with Crippen LogP contribution in [-0.2, 0) is 10.1 Å². The SMILES string of the molecule is Cc1ccc(C(C)C)c(OS(=O)(=O)c2cccnc2)c1. The van der Waals surface area contributed by atoms with Gasteiger partial charge in [-0.15, -0.1) is 0 Å². The minimum absolute atomic E-state index is 0.0520. The van der Waals surface area contributed by atoms with Crippen molar-refractivity contribution in [3.8, 4) is 5.75 Å². The summed E-state index contributed by atoms with van der Waals surface area (Å²) in [5.41, 5.74) is 1.81. The van der Waals surface area contributed by atoms with Crippen LogP contribution in [-0.4, -0.2) is 13.4 Å². The number of aryl methyl sites for hydroxylation is 1. The smallest absolute Gasteiger partial charge is 0.340 e. The minimum Gasteiger partial charge on any atom is -0.379 e. The van der Waals surface area contributed by atoms with E-state index >= 15 is 0 Å². The summed E-state index contributed by atoms with van der Waals surface area (Å²) in [6.45, 7) is 5.89. The van der Waals surface area contributed by atoms with Crippen LogP contribution in [0.5, 0.6) is 5.75 Å². The van der Waals surface area contributed by atoms with Gasteiger partial charge < -0.3 is 4.18 Å². The Balaban J connectivity index is 2.42. The molecular weight excluding hydrogens is 274 g/mol. The molecule has 0 aliphatic heterocycles. The molecule has 1 aromatic heterocycles. The Hall–Kier alpha value is -1.88. The molecule has 0 saturated heterocycles. The zero-order valence-corrected chi connectivity index (χ0v) is 12.5. The van der Waals surface area contributed by atoms with Crippen molar-refractivity contribution < 1.29 is 12.6 Å². The lowest BCUT2D eigenvalue weighted by Gasteiger charge is -2.14. The third-order valence-corrected chi connectivity index (χ3v) is 4.13. The quantitative estimate of drug-likeness (QED) is 0.811. The minimum atomic E-state index is -3.85. The molecule has 1 aromatic carbocycles. The third kappa shape index (κ3) is 3.17. The summed E-state index contributed by atoms with van der Waals surface area (Å²) in [7, 11) is -3.85. The highest BCUT2D eigenvalue weighted by atomic mass is 32.2. The van der Waals surface area contributed by atoms with E-state index in [4.69, 9.17) is 4.18 Å². The monoisotopic (exact) mass is 291 g/mol. The topological polar surface area (TPSA) is 56.3 Å². The van der Waals surface area contributed by atoms with E-state index in [1.807, 2.05) is 32.9 Å². The van der Waals surface area contributed by atoms with Gasteiger partial charge in [0.25, 0.3) is 0 Å². The molecule has 1 heterocycles. The summed E-state index contributed by atoms with van der Waals surface area (Å²) in [5, 5.41) is 0. The Bertz CT molecular complexity index is 694. The van der Waals surface area contributed by atoms with Crippen LogP contribution in [0.3, 0.4) is 0 Å². The molecule has 0 radical (unpaired) electrons.